The minimum absolute atomic E-state index is 0.0468. The van der Waals surface area contributed by atoms with Crippen molar-refractivity contribution in [3.8, 4) is 5.75 Å². The number of benzene rings is 1. The number of aromatic nitrogens is 2. The van der Waals surface area contributed by atoms with Crippen molar-refractivity contribution < 1.29 is 9.53 Å². The van der Waals surface area contributed by atoms with E-state index in [0.29, 0.717) is 10.6 Å². The fourth-order valence-electron chi connectivity index (χ4n) is 4.33. The van der Waals surface area contributed by atoms with Crippen LogP contribution in [0.25, 0.3) is 5.52 Å². The van der Waals surface area contributed by atoms with Crippen molar-refractivity contribution in [3.05, 3.63) is 63.9 Å². The third-order valence-corrected chi connectivity index (χ3v) is 5.83. The first-order valence-electron chi connectivity index (χ1n) is 8.97. The second-order valence-corrected chi connectivity index (χ2v) is 7.76. The zero-order chi connectivity index (χ0) is 17.4. The maximum Gasteiger partial charge on any atom is 0.252 e. The monoisotopic (exact) mass is 365 g/mol. The Kier molecular flexibility index (Phi) is 2.82. The average molecular weight is 366 g/mol. The number of nitrogens with one attached hydrogen (secondary N) is 1. The van der Waals surface area contributed by atoms with E-state index < -0.39 is 0 Å². The molecule has 3 aromatic rings. The Morgan fingerprint density at radius 2 is 2.12 bits per heavy atom. The molecule has 3 aliphatic rings. The summed E-state index contributed by atoms with van der Waals surface area (Å²) in [6.07, 6.45) is 5.13. The summed E-state index contributed by atoms with van der Waals surface area (Å²) in [5.74, 6) is 0.865. The standard InChI is InChI=1S/C20H16ClN3O2/c21-10-6-7-24-15(8-10)18-13-9-14(19(18)23-24)22-20(25)12-2-1-3-16(17(12)13)26-11-4-5-11/h1-3,6-8,11,13-14H,4-5,9H2,(H,22,25)/t13-,14-/m1/s1. The first-order chi connectivity index (χ1) is 12.7. The van der Waals surface area contributed by atoms with Crippen LogP contribution in [0.4, 0.5) is 0 Å². The average Bonchev–Trinajstić information content (AvgIpc) is 3.30. The molecule has 1 amide bonds. The molecule has 2 atom stereocenters. The molecule has 1 fully saturated rings. The molecule has 2 bridgehead atoms. The topological polar surface area (TPSA) is 55.6 Å². The van der Waals surface area contributed by atoms with E-state index in [1.807, 2.05) is 41.0 Å². The van der Waals surface area contributed by atoms with Gasteiger partial charge in [0.1, 0.15) is 5.75 Å². The van der Waals surface area contributed by atoms with E-state index in [2.05, 4.69) is 5.32 Å². The van der Waals surface area contributed by atoms with Gasteiger partial charge in [0.2, 0.25) is 0 Å². The molecule has 6 heteroatoms. The Labute approximate surface area is 154 Å². The van der Waals surface area contributed by atoms with Crippen LogP contribution >= 0.6 is 11.6 Å². The molecule has 1 aromatic carbocycles. The molecule has 2 aromatic heterocycles. The van der Waals surface area contributed by atoms with Gasteiger partial charge in [-0.2, -0.15) is 5.10 Å². The molecule has 26 heavy (non-hydrogen) atoms. The van der Waals surface area contributed by atoms with Crippen molar-refractivity contribution in [3.63, 3.8) is 0 Å². The Bertz CT molecular complexity index is 1090. The highest BCUT2D eigenvalue weighted by atomic mass is 35.5. The third kappa shape index (κ3) is 1.98. The maximum absolute atomic E-state index is 12.8. The number of amides is 1. The van der Waals surface area contributed by atoms with Gasteiger partial charge < -0.3 is 10.1 Å². The largest absolute Gasteiger partial charge is 0.490 e. The van der Waals surface area contributed by atoms with Gasteiger partial charge in [-0.25, -0.2) is 4.52 Å². The summed E-state index contributed by atoms with van der Waals surface area (Å²) in [6, 6.07) is 9.49. The predicted molar refractivity (Wildman–Crippen MR) is 97.0 cm³/mol. The summed E-state index contributed by atoms with van der Waals surface area (Å²) >= 11 is 6.25. The highest BCUT2D eigenvalue weighted by molar-refractivity contribution is 6.30. The van der Waals surface area contributed by atoms with E-state index in [9.17, 15) is 4.79 Å². The van der Waals surface area contributed by atoms with Crippen molar-refractivity contribution in [2.45, 2.75) is 37.3 Å². The van der Waals surface area contributed by atoms with Crippen molar-refractivity contribution in [2.24, 2.45) is 0 Å². The number of hydrogen-bond donors (Lipinski definition) is 1. The molecule has 0 saturated heterocycles. The fraction of sp³-hybridized carbons (Fsp3) is 0.300. The molecule has 3 heterocycles. The van der Waals surface area contributed by atoms with Crippen LogP contribution in [0, 0.1) is 0 Å². The van der Waals surface area contributed by atoms with Crippen molar-refractivity contribution in [1.29, 1.82) is 0 Å². The molecular formula is C20H16ClN3O2. The number of carbonyl (C=O) groups excluding carboxylic acids is 1. The number of fused-ring (bicyclic) bond motifs is 9. The molecule has 1 saturated carbocycles. The van der Waals surface area contributed by atoms with Crippen LogP contribution < -0.4 is 10.1 Å². The lowest BCUT2D eigenvalue weighted by atomic mass is 9.89. The van der Waals surface area contributed by atoms with Gasteiger partial charge in [-0.15, -0.1) is 0 Å². The van der Waals surface area contributed by atoms with Gasteiger partial charge in [0.15, 0.2) is 0 Å². The van der Waals surface area contributed by atoms with Crippen LogP contribution in [-0.4, -0.2) is 21.6 Å². The first kappa shape index (κ1) is 14.6. The number of rotatable bonds is 2. The number of carbonyl (C=O) groups is 1. The molecule has 5 nitrogen and oxygen atoms in total. The van der Waals surface area contributed by atoms with Crippen LogP contribution in [-0.2, 0) is 0 Å². The normalized spacial score (nSPS) is 23.3. The number of ether oxygens (including phenoxy) is 1. The summed E-state index contributed by atoms with van der Waals surface area (Å²) in [5, 5.41) is 8.57. The van der Waals surface area contributed by atoms with E-state index in [4.69, 9.17) is 21.4 Å². The summed E-state index contributed by atoms with van der Waals surface area (Å²) in [6.45, 7) is 0. The lowest BCUT2D eigenvalue weighted by Gasteiger charge is -2.19. The van der Waals surface area contributed by atoms with Crippen molar-refractivity contribution >= 4 is 23.0 Å². The van der Waals surface area contributed by atoms with Crippen molar-refractivity contribution in [1.82, 2.24) is 14.9 Å². The molecule has 1 N–H and O–H groups in total. The van der Waals surface area contributed by atoms with Gasteiger partial charge in [-0.1, -0.05) is 17.7 Å². The van der Waals surface area contributed by atoms with E-state index >= 15 is 0 Å². The van der Waals surface area contributed by atoms with Gasteiger partial charge in [0.25, 0.3) is 5.91 Å². The molecule has 6 rings (SSSR count). The predicted octanol–water partition coefficient (Wildman–Crippen LogP) is 3.85. The zero-order valence-corrected chi connectivity index (χ0v) is 14.7. The minimum Gasteiger partial charge on any atom is -0.490 e. The summed E-state index contributed by atoms with van der Waals surface area (Å²) in [4.78, 5) is 12.8. The quantitative estimate of drug-likeness (QED) is 0.750. The number of halogens is 1. The second-order valence-electron chi connectivity index (χ2n) is 7.32. The van der Waals surface area contributed by atoms with Gasteiger partial charge in [-0.3, -0.25) is 4.79 Å². The second kappa shape index (κ2) is 5.01. The molecular weight excluding hydrogens is 350 g/mol. The zero-order valence-electron chi connectivity index (χ0n) is 13.9. The molecule has 2 aliphatic carbocycles. The van der Waals surface area contributed by atoms with E-state index in [-0.39, 0.29) is 24.0 Å². The fourth-order valence-corrected chi connectivity index (χ4v) is 4.49. The van der Waals surface area contributed by atoms with Crippen LogP contribution in [0.15, 0.2) is 36.5 Å². The third-order valence-electron chi connectivity index (χ3n) is 5.60. The Hall–Kier alpha value is -2.53. The number of pyridine rings is 1. The molecule has 0 unspecified atom stereocenters. The van der Waals surface area contributed by atoms with Gasteiger partial charge >= 0.3 is 0 Å². The Morgan fingerprint density at radius 1 is 1.23 bits per heavy atom. The smallest absolute Gasteiger partial charge is 0.252 e. The summed E-state index contributed by atoms with van der Waals surface area (Å²) in [7, 11) is 0. The van der Waals surface area contributed by atoms with E-state index in [0.717, 1.165) is 47.3 Å². The SMILES string of the molecule is O=C1N[C@@H]2C[C@H](c3c(OC4CC4)cccc31)c1c2nn2ccc(Cl)cc12. The molecule has 0 radical (unpaired) electrons. The van der Waals surface area contributed by atoms with Crippen LogP contribution in [0.5, 0.6) is 5.75 Å². The van der Waals surface area contributed by atoms with Gasteiger partial charge in [0.05, 0.1) is 23.4 Å². The Morgan fingerprint density at radius 3 is 2.96 bits per heavy atom. The molecule has 0 spiro atoms. The van der Waals surface area contributed by atoms with Crippen molar-refractivity contribution in [2.75, 3.05) is 0 Å². The maximum atomic E-state index is 12.8. The minimum atomic E-state index is -0.0812. The van der Waals surface area contributed by atoms with Crippen LogP contribution in [0.2, 0.25) is 5.02 Å². The van der Waals surface area contributed by atoms with Gasteiger partial charge in [0, 0.05) is 33.8 Å². The van der Waals surface area contributed by atoms with E-state index in [1.54, 1.807) is 0 Å². The van der Waals surface area contributed by atoms with Gasteiger partial charge in [-0.05, 0) is 43.5 Å². The van der Waals surface area contributed by atoms with Crippen LogP contribution in [0.3, 0.4) is 0 Å². The van der Waals surface area contributed by atoms with Crippen LogP contribution in [0.1, 0.15) is 58.4 Å². The Balaban J connectivity index is 1.62. The lowest BCUT2D eigenvalue weighted by molar-refractivity contribution is 0.0938. The highest BCUT2D eigenvalue weighted by Crippen LogP contribution is 2.51. The number of hydrogen-bond acceptors (Lipinski definition) is 3. The molecule has 130 valence electrons. The molecule has 1 aliphatic heterocycles. The summed E-state index contributed by atoms with van der Waals surface area (Å²) < 4.78 is 8.03. The first-order valence-corrected chi connectivity index (χ1v) is 9.35. The van der Waals surface area contributed by atoms with E-state index in [1.165, 1.54) is 0 Å². The summed E-state index contributed by atoms with van der Waals surface area (Å²) in [5.41, 5.74) is 4.81. The lowest BCUT2D eigenvalue weighted by Crippen LogP contribution is -2.27. The highest BCUT2D eigenvalue weighted by Gasteiger charge is 2.43. The number of nitrogens with zero attached hydrogens (tertiary/aromatic N) is 2.